The van der Waals surface area contributed by atoms with Gasteiger partial charge < -0.3 is 14.6 Å². The molecule has 1 fully saturated rings. The first kappa shape index (κ1) is 29.8. The molecule has 0 radical (unpaired) electrons. The van der Waals surface area contributed by atoms with Gasteiger partial charge in [-0.25, -0.2) is 14.4 Å². The van der Waals surface area contributed by atoms with Crippen LogP contribution in [-0.2, 0) is 23.9 Å². The zero-order valence-electron chi connectivity index (χ0n) is 18.8. The molecule has 0 aromatic carbocycles. The van der Waals surface area contributed by atoms with Gasteiger partial charge in [-0.05, 0) is 39.0 Å². The molecule has 172 valence electrons. The van der Waals surface area contributed by atoms with E-state index < -0.39 is 5.97 Å². The molecule has 1 aliphatic rings. The van der Waals surface area contributed by atoms with Crippen LogP contribution in [0.3, 0.4) is 0 Å². The largest absolute Gasteiger partial charge is 0.478 e. The maximum absolute atomic E-state index is 11.1. The van der Waals surface area contributed by atoms with Crippen molar-refractivity contribution in [3.63, 3.8) is 0 Å². The molecule has 1 N–H and O–H groups in total. The summed E-state index contributed by atoms with van der Waals surface area (Å²) in [4.78, 5) is 30.9. The molecular weight excluding hydrogens is 384 g/mol. The van der Waals surface area contributed by atoms with Crippen LogP contribution in [0.2, 0.25) is 0 Å². The van der Waals surface area contributed by atoms with Gasteiger partial charge in [0, 0.05) is 17.7 Å². The molecule has 6 nitrogen and oxygen atoms in total. The molecule has 0 atom stereocenters. The summed E-state index contributed by atoms with van der Waals surface area (Å²) in [6.45, 7) is 14.3. The van der Waals surface area contributed by atoms with Gasteiger partial charge in [0.05, 0.1) is 6.61 Å². The Morgan fingerprint density at radius 1 is 0.967 bits per heavy atom. The lowest BCUT2D eigenvalue weighted by atomic mass is 9.98. The Morgan fingerprint density at radius 2 is 1.50 bits per heavy atom. The van der Waals surface area contributed by atoms with Gasteiger partial charge in [0.2, 0.25) is 0 Å². The molecule has 0 saturated heterocycles. The summed E-state index contributed by atoms with van der Waals surface area (Å²) in [5, 5.41) is 7.60. The van der Waals surface area contributed by atoms with E-state index in [0.29, 0.717) is 12.2 Å². The Balaban J connectivity index is 0. The highest BCUT2D eigenvalue weighted by Crippen LogP contribution is 2.20. The molecule has 1 rings (SSSR count). The third-order valence-electron chi connectivity index (χ3n) is 4.26. The van der Waals surface area contributed by atoms with E-state index >= 15 is 0 Å². The van der Waals surface area contributed by atoms with Crippen molar-refractivity contribution < 1.29 is 29.0 Å². The Hall–Kier alpha value is -2.37. The number of rotatable bonds is 11. The monoisotopic (exact) mass is 424 g/mol. The zero-order valence-corrected chi connectivity index (χ0v) is 18.8. The van der Waals surface area contributed by atoms with E-state index in [1.54, 1.807) is 6.92 Å². The standard InChI is InChI=1S/C11H20O2.C10H16O2.C3H4O2/c1-3-5-6-7-8-9-10-13-11(12)4-2;1-8(2)10(11)12-9-6-4-3-5-7-9;1-2-3(4)5/h4H,2-3,5-10H2,1H3;9H,1,3-7H2,2H3;2H,1H2,(H,4,5). The Bertz CT molecular complexity index is 518. The first-order chi connectivity index (χ1) is 14.3. The number of carboxylic acids is 1. The van der Waals surface area contributed by atoms with Crippen molar-refractivity contribution in [3.05, 3.63) is 37.5 Å². The fourth-order valence-corrected chi connectivity index (χ4v) is 2.55. The summed E-state index contributed by atoms with van der Waals surface area (Å²) >= 11 is 0. The van der Waals surface area contributed by atoms with Crippen molar-refractivity contribution in [2.24, 2.45) is 0 Å². The van der Waals surface area contributed by atoms with Crippen LogP contribution in [0.25, 0.3) is 0 Å². The van der Waals surface area contributed by atoms with Crippen LogP contribution in [0, 0.1) is 0 Å². The lowest BCUT2D eigenvalue weighted by Gasteiger charge is -2.21. The summed E-state index contributed by atoms with van der Waals surface area (Å²) in [6, 6.07) is 0. The molecule has 0 aliphatic heterocycles. The smallest absolute Gasteiger partial charge is 0.333 e. The second kappa shape index (κ2) is 21.3. The van der Waals surface area contributed by atoms with Crippen LogP contribution in [0.4, 0.5) is 0 Å². The van der Waals surface area contributed by atoms with Gasteiger partial charge in [-0.3, -0.25) is 0 Å². The molecule has 0 heterocycles. The van der Waals surface area contributed by atoms with Crippen molar-refractivity contribution in [2.45, 2.75) is 90.6 Å². The average Bonchev–Trinajstić information content (AvgIpc) is 2.74. The van der Waals surface area contributed by atoms with Crippen molar-refractivity contribution in [1.29, 1.82) is 0 Å². The van der Waals surface area contributed by atoms with E-state index in [2.05, 4.69) is 26.7 Å². The molecule has 0 unspecified atom stereocenters. The second-order valence-electron chi connectivity index (χ2n) is 7.13. The predicted octanol–water partition coefficient (Wildman–Crippen LogP) is 5.77. The lowest BCUT2D eigenvalue weighted by Crippen LogP contribution is -2.20. The summed E-state index contributed by atoms with van der Waals surface area (Å²) < 4.78 is 10.1. The normalized spacial score (nSPS) is 12.7. The third kappa shape index (κ3) is 21.9. The number of aliphatic carboxylic acids is 1. The number of unbranched alkanes of at least 4 members (excludes halogenated alkanes) is 5. The van der Waals surface area contributed by atoms with Crippen molar-refractivity contribution in [2.75, 3.05) is 6.61 Å². The summed E-state index contributed by atoms with van der Waals surface area (Å²) in [6.07, 6.45) is 15.2. The highest BCUT2D eigenvalue weighted by molar-refractivity contribution is 5.87. The van der Waals surface area contributed by atoms with E-state index in [9.17, 15) is 14.4 Å². The summed E-state index contributed by atoms with van der Waals surface area (Å²) in [7, 11) is 0. The second-order valence-corrected chi connectivity index (χ2v) is 7.13. The van der Waals surface area contributed by atoms with Crippen LogP contribution < -0.4 is 0 Å². The van der Waals surface area contributed by atoms with Crippen LogP contribution in [0.15, 0.2) is 37.5 Å². The minimum Gasteiger partial charge on any atom is -0.478 e. The van der Waals surface area contributed by atoms with Crippen molar-refractivity contribution in [3.8, 4) is 0 Å². The minimum atomic E-state index is -0.981. The van der Waals surface area contributed by atoms with Crippen molar-refractivity contribution in [1.82, 2.24) is 0 Å². The van der Waals surface area contributed by atoms with Gasteiger partial charge in [-0.2, -0.15) is 0 Å². The predicted molar refractivity (Wildman–Crippen MR) is 120 cm³/mol. The topological polar surface area (TPSA) is 89.9 Å². The lowest BCUT2D eigenvalue weighted by molar-refractivity contribution is -0.145. The molecular formula is C24H40O6. The summed E-state index contributed by atoms with van der Waals surface area (Å²) in [5.41, 5.74) is 0.501. The van der Waals surface area contributed by atoms with Gasteiger partial charge in [0.25, 0.3) is 0 Å². The van der Waals surface area contributed by atoms with E-state index in [1.807, 2.05) is 0 Å². The molecule has 1 aliphatic carbocycles. The number of esters is 2. The molecule has 0 aromatic rings. The van der Waals surface area contributed by atoms with Crippen LogP contribution in [0.5, 0.6) is 0 Å². The molecule has 0 spiro atoms. The maximum Gasteiger partial charge on any atom is 0.333 e. The minimum absolute atomic E-state index is 0.156. The van der Waals surface area contributed by atoms with Gasteiger partial charge in [-0.1, -0.05) is 65.2 Å². The molecule has 30 heavy (non-hydrogen) atoms. The van der Waals surface area contributed by atoms with Crippen LogP contribution in [-0.4, -0.2) is 35.7 Å². The fourth-order valence-electron chi connectivity index (χ4n) is 2.55. The zero-order chi connectivity index (χ0) is 23.2. The van der Waals surface area contributed by atoms with Gasteiger partial charge in [0.15, 0.2) is 0 Å². The number of carbonyl (C=O) groups excluding carboxylic acids is 2. The summed E-state index contributed by atoms with van der Waals surface area (Å²) in [5.74, 6) is -1.53. The molecule has 1 saturated carbocycles. The third-order valence-corrected chi connectivity index (χ3v) is 4.26. The molecule has 0 amide bonds. The van der Waals surface area contributed by atoms with Gasteiger partial charge >= 0.3 is 17.9 Å². The SMILES string of the molecule is C=C(C)C(=O)OC1CCCCC1.C=CC(=O)O.C=CC(=O)OCCCCCCCC. The number of carbonyl (C=O) groups is 3. The number of carboxylic acid groups (broad SMARTS) is 1. The van der Waals surface area contributed by atoms with E-state index in [0.717, 1.165) is 31.8 Å². The Kier molecular flexibility index (Phi) is 21.2. The fraction of sp³-hybridized carbons (Fsp3) is 0.625. The van der Waals surface area contributed by atoms with Gasteiger partial charge in [-0.15, -0.1) is 0 Å². The first-order valence-electron chi connectivity index (χ1n) is 10.8. The van der Waals surface area contributed by atoms with Crippen LogP contribution >= 0.6 is 0 Å². The number of hydrogen-bond donors (Lipinski definition) is 1. The van der Waals surface area contributed by atoms with E-state index in [4.69, 9.17) is 14.6 Å². The molecule has 0 bridgehead atoms. The van der Waals surface area contributed by atoms with Crippen LogP contribution in [0.1, 0.15) is 84.5 Å². The van der Waals surface area contributed by atoms with Crippen molar-refractivity contribution >= 4 is 17.9 Å². The molecule has 6 heteroatoms. The average molecular weight is 425 g/mol. The van der Waals surface area contributed by atoms with E-state index in [1.165, 1.54) is 51.0 Å². The highest BCUT2D eigenvalue weighted by Gasteiger charge is 2.17. The van der Waals surface area contributed by atoms with E-state index in [-0.39, 0.29) is 18.0 Å². The Morgan fingerprint density at radius 3 is 1.97 bits per heavy atom. The number of ether oxygens (including phenoxy) is 2. The maximum atomic E-state index is 11.1. The number of hydrogen-bond acceptors (Lipinski definition) is 5. The van der Waals surface area contributed by atoms with Gasteiger partial charge in [0.1, 0.15) is 6.10 Å². The molecule has 0 aromatic heterocycles. The first-order valence-corrected chi connectivity index (χ1v) is 10.8. The quantitative estimate of drug-likeness (QED) is 0.257. The highest BCUT2D eigenvalue weighted by atomic mass is 16.5. The Labute approximate surface area is 182 Å².